The molecule has 0 aliphatic carbocycles. The number of aryl methyl sites for hydroxylation is 1. The van der Waals surface area contributed by atoms with Gasteiger partial charge in [-0.2, -0.15) is 0 Å². The van der Waals surface area contributed by atoms with Crippen LogP contribution in [0.5, 0.6) is 0 Å². The molecule has 1 aromatic carbocycles. The highest BCUT2D eigenvalue weighted by molar-refractivity contribution is 5.95. The van der Waals surface area contributed by atoms with Gasteiger partial charge in [-0.15, -0.1) is 12.4 Å². The van der Waals surface area contributed by atoms with Crippen molar-refractivity contribution in [2.24, 2.45) is 0 Å². The van der Waals surface area contributed by atoms with Crippen LogP contribution >= 0.6 is 12.4 Å². The molecule has 112 valence electrons. The largest absolute Gasteiger partial charge is 0.378 e. The van der Waals surface area contributed by atoms with Crippen LogP contribution in [-0.4, -0.2) is 31.7 Å². The number of carbonyl (C=O) groups is 1. The van der Waals surface area contributed by atoms with E-state index >= 15 is 0 Å². The Balaban J connectivity index is 0.00000200. The number of anilines is 1. The summed E-state index contributed by atoms with van der Waals surface area (Å²) in [5.41, 5.74) is 2.16. The van der Waals surface area contributed by atoms with Crippen LogP contribution in [0.25, 0.3) is 0 Å². The minimum Gasteiger partial charge on any atom is -0.378 e. The quantitative estimate of drug-likeness (QED) is 0.877. The molecule has 1 aliphatic heterocycles. The van der Waals surface area contributed by atoms with Gasteiger partial charge < -0.3 is 15.4 Å². The third-order valence-electron chi connectivity index (χ3n) is 3.28. The molecule has 0 bridgehead atoms. The molecule has 1 heterocycles. The van der Waals surface area contributed by atoms with Crippen LogP contribution in [0.1, 0.15) is 25.3 Å². The molecule has 1 aliphatic rings. The standard InChI is InChI=1S/C15H22N2O2.ClH/c1-2-3-4-12-5-7-13(8-6-12)17-15(18)14-11-19-10-9-16-14;/h5-8,14,16H,2-4,9-11H2,1H3,(H,17,18);1H. The maximum absolute atomic E-state index is 12.0. The summed E-state index contributed by atoms with van der Waals surface area (Å²) in [5, 5.41) is 6.05. The Labute approximate surface area is 126 Å². The van der Waals surface area contributed by atoms with Gasteiger partial charge in [-0.25, -0.2) is 0 Å². The van der Waals surface area contributed by atoms with E-state index in [1.165, 1.54) is 18.4 Å². The lowest BCUT2D eigenvalue weighted by Gasteiger charge is -2.22. The number of hydrogen-bond donors (Lipinski definition) is 2. The Morgan fingerprint density at radius 1 is 1.40 bits per heavy atom. The number of nitrogens with one attached hydrogen (secondary N) is 2. The summed E-state index contributed by atoms with van der Waals surface area (Å²) in [4.78, 5) is 12.0. The molecule has 1 aromatic rings. The average molecular weight is 299 g/mol. The van der Waals surface area contributed by atoms with Gasteiger partial charge in [0.1, 0.15) is 6.04 Å². The van der Waals surface area contributed by atoms with Crippen LogP contribution in [0.3, 0.4) is 0 Å². The van der Waals surface area contributed by atoms with E-state index in [2.05, 4.69) is 29.7 Å². The Hall–Kier alpha value is -1.10. The summed E-state index contributed by atoms with van der Waals surface area (Å²) in [5.74, 6) is -0.0268. The smallest absolute Gasteiger partial charge is 0.243 e. The second-order valence-corrected chi connectivity index (χ2v) is 4.87. The summed E-state index contributed by atoms with van der Waals surface area (Å²) >= 11 is 0. The Morgan fingerprint density at radius 2 is 2.15 bits per heavy atom. The zero-order valence-corrected chi connectivity index (χ0v) is 12.7. The molecule has 1 amide bonds. The first-order chi connectivity index (χ1) is 9.29. The zero-order valence-electron chi connectivity index (χ0n) is 11.9. The van der Waals surface area contributed by atoms with Crippen molar-refractivity contribution in [1.82, 2.24) is 5.32 Å². The topological polar surface area (TPSA) is 50.4 Å². The van der Waals surface area contributed by atoms with Gasteiger partial charge in [0.05, 0.1) is 13.2 Å². The molecule has 20 heavy (non-hydrogen) atoms. The minimum absolute atomic E-state index is 0. The van der Waals surface area contributed by atoms with E-state index in [1.54, 1.807) is 0 Å². The van der Waals surface area contributed by atoms with Crippen molar-refractivity contribution in [2.75, 3.05) is 25.1 Å². The molecule has 1 unspecified atom stereocenters. The number of hydrogen-bond acceptors (Lipinski definition) is 3. The van der Waals surface area contributed by atoms with Crippen LogP contribution < -0.4 is 10.6 Å². The van der Waals surface area contributed by atoms with E-state index in [-0.39, 0.29) is 24.4 Å². The number of amides is 1. The third kappa shape index (κ3) is 5.12. The van der Waals surface area contributed by atoms with Gasteiger partial charge in [-0.1, -0.05) is 25.5 Å². The summed E-state index contributed by atoms with van der Waals surface area (Å²) in [7, 11) is 0. The Morgan fingerprint density at radius 3 is 2.75 bits per heavy atom. The first-order valence-electron chi connectivity index (χ1n) is 7.00. The van der Waals surface area contributed by atoms with E-state index in [9.17, 15) is 4.79 Å². The van der Waals surface area contributed by atoms with Crippen molar-refractivity contribution < 1.29 is 9.53 Å². The summed E-state index contributed by atoms with van der Waals surface area (Å²) in [6.07, 6.45) is 3.50. The van der Waals surface area contributed by atoms with Gasteiger partial charge in [0.2, 0.25) is 5.91 Å². The molecule has 0 aromatic heterocycles. The fourth-order valence-corrected chi connectivity index (χ4v) is 2.10. The zero-order chi connectivity index (χ0) is 13.5. The van der Waals surface area contributed by atoms with Crippen molar-refractivity contribution in [3.63, 3.8) is 0 Å². The first kappa shape index (κ1) is 17.0. The lowest BCUT2D eigenvalue weighted by Crippen LogP contribution is -2.48. The molecule has 0 saturated carbocycles. The maximum atomic E-state index is 12.0. The normalized spacial score (nSPS) is 18.1. The molecule has 0 spiro atoms. The highest BCUT2D eigenvalue weighted by atomic mass is 35.5. The fourth-order valence-electron chi connectivity index (χ4n) is 2.10. The van der Waals surface area contributed by atoms with Crippen LogP contribution in [0.2, 0.25) is 0 Å². The van der Waals surface area contributed by atoms with Crippen LogP contribution in [-0.2, 0) is 16.0 Å². The molecular weight excluding hydrogens is 276 g/mol. The maximum Gasteiger partial charge on any atom is 0.243 e. The Kier molecular flexibility index (Phi) is 7.59. The van der Waals surface area contributed by atoms with Crippen molar-refractivity contribution in [3.8, 4) is 0 Å². The number of unbranched alkanes of at least 4 members (excludes halogenated alkanes) is 1. The van der Waals surface area contributed by atoms with E-state index in [1.807, 2.05) is 12.1 Å². The summed E-state index contributed by atoms with van der Waals surface area (Å²) in [6.45, 7) is 4.04. The van der Waals surface area contributed by atoms with E-state index < -0.39 is 0 Å². The molecule has 2 N–H and O–H groups in total. The van der Waals surface area contributed by atoms with Crippen LogP contribution in [0.4, 0.5) is 5.69 Å². The molecule has 1 atom stereocenters. The van der Waals surface area contributed by atoms with Crippen molar-refractivity contribution in [3.05, 3.63) is 29.8 Å². The van der Waals surface area contributed by atoms with Gasteiger partial charge in [0.15, 0.2) is 0 Å². The number of morpholine rings is 1. The number of rotatable bonds is 5. The van der Waals surface area contributed by atoms with Crippen molar-refractivity contribution in [2.45, 2.75) is 32.2 Å². The van der Waals surface area contributed by atoms with Crippen LogP contribution in [0, 0.1) is 0 Å². The molecular formula is C15H23ClN2O2. The molecule has 4 nitrogen and oxygen atoms in total. The predicted octanol–water partition coefficient (Wildman–Crippen LogP) is 2.38. The Bertz CT molecular complexity index is 403. The van der Waals surface area contributed by atoms with Crippen molar-refractivity contribution in [1.29, 1.82) is 0 Å². The number of carbonyl (C=O) groups excluding carboxylic acids is 1. The van der Waals surface area contributed by atoms with Gasteiger partial charge in [0.25, 0.3) is 0 Å². The van der Waals surface area contributed by atoms with E-state index in [4.69, 9.17) is 4.74 Å². The van der Waals surface area contributed by atoms with Crippen molar-refractivity contribution >= 4 is 24.0 Å². The molecule has 2 rings (SSSR count). The lowest BCUT2D eigenvalue weighted by molar-refractivity contribution is -0.120. The molecule has 1 saturated heterocycles. The SMILES string of the molecule is CCCCc1ccc(NC(=O)C2COCCN2)cc1.Cl. The number of ether oxygens (including phenoxy) is 1. The fraction of sp³-hybridized carbons (Fsp3) is 0.533. The summed E-state index contributed by atoms with van der Waals surface area (Å²) in [6, 6.07) is 7.85. The van der Waals surface area contributed by atoms with E-state index in [0.717, 1.165) is 18.7 Å². The molecule has 5 heteroatoms. The second kappa shape index (κ2) is 8.95. The summed E-state index contributed by atoms with van der Waals surface area (Å²) < 4.78 is 5.28. The lowest BCUT2D eigenvalue weighted by atomic mass is 10.1. The highest BCUT2D eigenvalue weighted by Gasteiger charge is 2.20. The van der Waals surface area contributed by atoms with Gasteiger partial charge in [-0.3, -0.25) is 4.79 Å². The highest BCUT2D eigenvalue weighted by Crippen LogP contribution is 2.12. The number of benzene rings is 1. The average Bonchev–Trinajstić information content (AvgIpc) is 2.47. The predicted molar refractivity (Wildman–Crippen MR) is 83.5 cm³/mol. The monoisotopic (exact) mass is 298 g/mol. The number of halogens is 1. The van der Waals surface area contributed by atoms with Gasteiger partial charge in [0, 0.05) is 12.2 Å². The molecule has 0 radical (unpaired) electrons. The molecule has 1 fully saturated rings. The third-order valence-corrected chi connectivity index (χ3v) is 3.28. The van der Waals surface area contributed by atoms with Gasteiger partial charge in [-0.05, 0) is 30.5 Å². The van der Waals surface area contributed by atoms with Crippen LogP contribution in [0.15, 0.2) is 24.3 Å². The van der Waals surface area contributed by atoms with Gasteiger partial charge >= 0.3 is 0 Å². The first-order valence-corrected chi connectivity index (χ1v) is 7.00. The van der Waals surface area contributed by atoms with E-state index in [0.29, 0.717) is 13.2 Å². The second-order valence-electron chi connectivity index (χ2n) is 4.87. The minimum atomic E-state index is -0.242.